The fraction of sp³-hybridized carbons (Fsp3) is 0.273. The molecule has 0 aliphatic carbocycles. The van der Waals surface area contributed by atoms with E-state index in [1.165, 1.54) is 0 Å². The molecule has 1 aromatic rings. The van der Waals surface area contributed by atoms with Gasteiger partial charge >= 0.3 is 11.9 Å². The van der Waals surface area contributed by atoms with Gasteiger partial charge < -0.3 is 9.16 Å². The second-order valence-corrected chi connectivity index (χ2v) is 8.09. The molecule has 0 radical (unpaired) electrons. The Balaban J connectivity index is 2.67. The third-order valence-corrected chi connectivity index (χ3v) is 5.57. The summed E-state index contributed by atoms with van der Waals surface area (Å²) < 4.78 is 10.1. The van der Waals surface area contributed by atoms with Crippen molar-refractivity contribution in [1.82, 2.24) is 0 Å². The number of ether oxygens (including phenoxy) is 1. The van der Waals surface area contributed by atoms with E-state index in [1.54, 1.807) is 19.2 Å². The van der Waals surface area contributed by atoms with Gasteiger partial charge in [0, 0.05) is 7.11 Å². The molecule has 1 heterocycles. The molecule has 0 amide bonds. The minimum absolute atomic E-state index is 0.347. The van der Waals surface area contributed by atoms with Gasteiger partial charge in [-0.2, -0.15) is 0 Å². The number of carbonyl (C=O) groups excluding carboxylic acids is 2. The molecule has 0 spiro atoms. The van der Waals surface area contributed by atoms with Crippen LogP contribution in [0.4, 0.5) is 0 Å². The maximum absolute atomic E-state index is 11.6. The van der Waals surface area contributed by atoms with Crippen LogP contribution in [0.2, 0.25) is 13.1 Å². The number of rotatable bonds is 2. The van der Waals surface area contributed by atoms with Crippen molar-refractivity contribution < 1.29 is 18.8 Å². The Morgan fingerprint density at radius 2 is 1.88 bits per heavy atom. The predicted molar refractivity (Wildman–Crippen MR) is 60.3 cm³/mol. The maximum Gasteiger partial charge on any atom is 0.346 e. The van der Waals surface area contributed by atoms with Gasteiger partial charge in [-0.05, 0) is 24.3 Å². The average molecular weight is 236 g/mol. The van der Waals surface area contributed by atoms with Crippen LogP contribution < -0.4 is 5.19 Å². The fourth-order valence-corrected chi connectivity index (χ4v) is 3.30. The molecule has 1 aromatic carbocycles. The number of carbonyl (C=O) groups is 2. The molecule has 0 N–H and O–H groups in total. The highest BCUT2D eigenvalue weighted by atomic mass is 28.4. The standard InChI is InChI=1S/C11H12O4Si/c1-14-16(2,3)8-6-4-5-7-9(8)11(13)15-10(7)12/h4-6H,1-3H3. The summed E-state index contributed by atoms with van der Waals surface area (Å²) >= 11 is 0. The van der Waals surface area contributed by atoms with Crippen LogP contribution >= 0.6 is 0 Å². The summed E-state index contributed by atoms with van der Waals surface area (Å²) in [6, 6.07) is 5.18. The first-order chi connectivity index (χ1) is 7.47. The Morgan fingerprint density at radius 3 is 2.50 bits per heavy atom. The Morgan fingerprint density at radius 1 is 1.19 bits per heavy atom. The first kappa shape index (κ1) is 11.0. The van der Waals surface area contributed by atoms with Crippen LogP contribution in [-0.2, 0) is 9.16 Å². The number of esters is 2. The van der Waals surface area contributed by atoms with Crippen molar-refractivity contribution in [3.05, 3.63) is 29.3 Å². The normalized spacial score (nSPS) is 14.9. The third kappa shape index (κ3) is 1.48. The summed E-state index contributed by atoms with van der Waals surface area (Å²) in [5.41, 5.74) is 0.728. The second-order valence-electron chi connectivity index (χ2n) is 4.12. The molecule has 0 bridgehead atoms. The van der Waals surface area contributed by atoms with Crippen LogP contribution in [0.3, 0.4) is 0 Å². The molecule has 0 aromatic heterocycles. The number of hydrogen-bond donors (Lipinski definition) is 0. The molecule has 0 fully saturated rings. The van der Waals surface area contributed by atoms with Gasteiger partial charge in [0.05, 0.1) is 11.1 Å². The van der Waals surface area contributed by atoms with Crippen LogP contribution in [0.1, 0.15) is 20.7 Å². The fourth-order valence-electron chi connectivity index (χ4n) is 1.74. The minimum atomic E-state index is -2.13. The molecule has 2 rings (SSSR count). The summed E-state index contributed by atoms with van der Waals surface area (Å²) in [5, 5.41) is 0.809. The first-order valence-corrected chi connectivity index (χ1v) is 7.83. The molecular formula is C11H12O4Si. The minimum Gasteiger partial charge on any atom is -0.416 e. The highest BCUT2D eigenvalue weighted by molar-refractivity contribution is 6.85. The first-order valence-electron chi connectivity index (χ1n) is 4.92. The van der Waals surface area contributed by atoms with Crippen LogP contribution in [0, 0.1) is 0 Å². The van der Waals surface area contributed by atoms with E-state index in [0.717, 1.165) is 5.19 Å². The SMILES string of the molecule is CO[Si](C)(C)c1cccc2c1C(=O)OC2=O. The van der Waals surface area contributed by atoms with E-state index in [1.807, 2.05) is 19.2 Å². The quantitative estimate of drug-likeness (QED) is 0.437. The van der Waals surface area contributed by atoms with E-state index in [-0.39, 0.29) is 0 Å². The number of benzene rings is 1. The summed E-state index contributed by atoms with van der Waals surface area (Å²) in [7, 11) is -0.516. The van der Waals surface area contributed by atoms with Gasteiger partial charge in [-0.3, -0.25) is 0 Å². The molecule has 4 nitrogen and oxygen atoms in total. The van der Waals surface area contributed by atoms with E-state index >= 15 is 0 Å². The van der Waals surface area contributed by atoms with Gasteiger partial charge in [0.2, 0.25) is 8.32 Å². The van der Waals surface area contributed by atoms with Crippen molar-refractivity contribution in [2.45, 2.75) is 13.1 Å². The Kier molecular flexibility index (Phi) is 2.44. The molecule has 0 saturated heterocycles. The van der Waals surface area contributed by atoms with Crippen molar-refractivity contribution in [3.8, 4) is 0 Å². The van der Waals surface area contributed by atoms with Crippen molar-refractivity contribution in [2.75, 3.05) is 7.11 Å². The molecular weight excluding hydrogens is 224 g/mol. The van der Waals surface area contributed by atoms with Gasteiger partial charge in [-0.1, -0.05) is 12.1 Å². The van der Waals surface area contributed by atoms with Crippen LogP contribution in [0.25, 0.3) is 0 Å². The van der Waals surface area contributed by atoms with Crippen LogP contribution in [0.15, 0.2) is 18.2 Å². The zero-order chi connectivity index (χ0) is 11.9. The molecule has 0 unspecified atom stereocenters. The zero-order valence-electron chi connectivity index (χ0n) is 9.37. The lowest BCUT2D eigenvalue weighted by Crippen LogP contribution is -2.46. The monoisotopic (exact) mass is 236 g/mol. The van der Waals surface area contributed by atoms with Crippen molar-refractivity contribution in [3.63, 3.8) is 0 Å². The summed E-state index contributed by atoms with van der Waals surface area (Å²) in [6.45, 7) is 3.94. The molecule has 1 aliphatic heterocycles. The lowest BCUT2D eigenvalue weighted by atomic mass is 10.1. The van der Waals surface area contributed by atoms with Crippen LogP contribution in [0.5, 0.6) is 0 Å². The summed E-state index contributed by atoms with van der Waals surface area (Å²) in [4.78, 5) is 23.0. The van der Waals surface area contributed by atoms with E-state index < -0.39 is 20.3 Å². The van der Waals surface area contributed by atoms with Crippen molar-refractivity contribution in [2.24, 2.45) is 0 Å². The Labute approximate surface area is 94.3 Å². The van der Waals surface area contributed by atoms with E-state index in [4.69, 9.17) is 4.43 Å². The third-order valence-electron chi connectivity index (χ3n) is 2.83. The molecule has 16 heavy (non-hydrogen) atoms. The van der Waals surface area contributed by atoms with E-state index in [2.05, 4.69) is 4.74 Å². The topological polar surface area (TPSA) is 52.6 Å². The van der Waals surface area contributed by atoms with Gasteiger partial charge in [0.15, 0.2) is 0 Å². The Bertz CT molecular complexity index is 479. The van der Waals surface area contributed by atoms with E-state index in [0.29, 0.717) is 11.1 Å². The number of hydrogen-bond acceptors (Lipinski definition) is 4. The lowest BCUT2D eigenvalue weighted by Gasteiger charge is -2.21. The van der Waals surface area contributed by atoms with Gasteiger partial charge in [-0.15, -0.1) is 0 Å². The highest BCUT2D eigenvalue weighted by Crippen LogP contribution is 2.20. The van der Waals surface area contributed by atoms with Gasteiger partial charge in [-0.25, -0.2) is 9.59 Å². The van der Waals surface area contributed by atoms with E-state index in [9.17, 15) is 9.59 Å². The molecule has 0 saturated carbocycles. The van der Waals surface area contributed by atoms with Crippen molar-refractivity contribution >= 4 is 25.4 Å². The average Bonchev–Trinajstić information content (AvgIpc) is 2.55. The summed E-state index contributed by atoms with van der Waals surface area (Å²) in [6.07, 6.45) is 0. The van der Waals surface area contributed by atoms with Gasteiger partial charge in [0.1, 0.15) is 0 Å². The Hall–Kier alpha value is -1.46. The largest absolute Gasteiger partial charge is 0.416 e. The van der Waals surface area contributed by atoms with Crippen LogP contribution in [-0.4, -0.2) is 27.4 Å². The second kappa shape index (κ2) is 3.53. The lowest BCUT2D eigenvalue weighted by molar-refractivity contribution is 0.0444. The molecule has 5 heteroatoms. The van der Waals surface area contributed by atoms with Gasteiger partial charge in [0.25, 0.3) is 0 Å². The number of cyclic esters (lactones) is 2. The summed E-state index contributed by atoms with van der Waals surface area (Å²) in [5.74, 6) is -1.13. The number of fused-ring (bicyclic) bond motifs is 1. The molecule has 1 aliphatic rings. The molecule has 84 valence electrons. The highest BCUT2D eigenvalue weighted by Gasteiger charge is 2.37. The van der Waals surface area contributed by atoms with Crippen molar-refractivity contribution in [1.29, 1.82) is 0 Å². The molecule has 0 atom stereocenters. The smallest absolute Gasteiger partial charge is 0.346 e. The predicted octanol–water partition coefficient (Wildman–Crippen LogP) is 1.06. The maximum atomic E-state index is 11.6. The zero-order valence-corrected chi connectivity index (χ0v) is 10.4.